The van der Waals surface area contributed by atoms with Crippen LogP contribution in [0.5, 0.6) is 0 Å². The highest BCUT2D eigenvalue weighted by Gasteiger charge is 2.62. The van der Waals surface area contributed by atoms with E-state index in [-0.39, 0.29) is 17.9 Å². The number of amides is 2. The van der Waals surface area contributed by atoms with Crippen LogP contribution in [0.4, 0.5) is 5.69 Å². The lowest BCUT2D eigenvalue weighted by Crippen LogP contribution is -2.44. The molecule has 3 aliphatic rings. The molecule has 5 rings (SSSR count). The van der Waals surface area contributed by atoms with E-state index in [2.05, 4.69) is 10.0 Å². The van der Waals surface area contributed by atoms with Crippen LogP contribution in [0.3, 0.4) is 0 Å². The number of rotatable bonds is 2. The Kier molecular flexibility index (Phi) is 4.41. The summed E-state index contributed by atoms with van der Waals surface area (Å²) in [6.45, 7) is 1.59. The zero-order valence-corrected chi connectivity index (χ0v) is 17.0. The first-order valence-electron chi connectivity index (χ1n) is 9.09. The number of imide groups is 1. The predicted molar refractivity (Wildman–Crippen MR) is 108 cm³/mol. The third-order valence-corrected chi connectivity index (χ3v) is 6.77. The van der Waals surface area contributed by atoms with Gasteiger partial charge in [-0.15, -0.1) is 0 Å². The Hall–Kier alpha value is -1.63. The second-order valence-electron chi connectivity index (χ2n) is 7.26. The summed E-state index contributed by atoms with van der Waals surface area (Å²) in [7, 11) is 0. The fourth-order valence-corrected chi connectivity index (χ4v) is 5.07. The Morgan fingerprint density at radius 2 is 1.46 bits per heavy atom. The maximum absolute atomic E-state index is 13.4. The summed E-state index contributed by atoms with van der Waals surface area (Å²) in [5.74, 6) is -0.886. The highest BCUT2D eigenvalue weighted by molar-refractivity contribution is 6.42. The number of carbonyl (C=O) groups excluding carboxylic acids is 2. The first kappa shape index (κ1) is 18.4. The highest BCUT2D eigenvalue weighted by atomic mass is 35.5. The number of halogens is 3. The lowest BCUT2D eigenvalue weighted by atomic mass is 9.90. The largest absolute Gasteiger partial charge is 0.274 e. The second kappa shape index (κ2) is 6.71. The Bertz CT molecular complexity index is 981. The molecular weight excluding hydrogens is 421 g/mol. The molecule has 0 aliphatic carbocycles. The second-order valence-corrected chi connectivity index (χ2v) is 8.51. The number of hydrazine groups is 1. The monoisotopic (exact) mass is 435 g/mol. The van der Waals surface area contributed by atoms with Crippen LogP contribution in [-0.2, 0) is 9.59 Å². The third-order valence-electron chi connectivity index (χ3n) is 5.78. The molecule has 0 unspecified atom stereocenters. The SMILES string of the molecule is O=C1[C@H]2[C@H](C(=O)N1c1ccc(Cl)c(Cl)c1)N1CCCN1[C@H]2c1ccc(Cl)cc1. The molecule has 0 spiro atoms. The minimum Gasteiger partial charge on any atom is -0.274 e. The fraction of sp³-hybridized carbons (Fsp3) is 0.300. The van der Waals surface area contributed by atoms with Crippen LogP contribution in [0.2, 0.25) is 15.1 Å². The van der Waals surface area contributed by atoms with E-state index < -0.39 is 12.0 Å². The topological polar surface area (TPSA) is 43.9 Å². The number of anilines is 1. The van der Waals surface area contributed by atoms with Crippen molar-refractivity contribution in [2.24, 2.45) is 5.92 Å². The van der Waals surface area contributed by atoms with Crippen molar-refractivity contribution >= 4 is 52.3 Å². The minimum absolute atomic E-state index is 0.186. The van der Waals surface area contributed by atoms with Crippen molar-refractivity contribution in [1.82, 2.24) is 10.0 Å². The summed E-state index contributed by atoms with van der Waals surface area (Å²) in [6, 6.07) is 11.7. The van der Waals surface area contributed by atoms with Crippen molar-refractivity contribution in [2.45, 2.75) is 18.5 Å². The average Bonchev–Trinajstić information content (AvgIpc) is 3.31. The van der Waals surface area contributed by atoms with Crippen LogP contribution < -0.4 is 4.90 Å². The van der Waals surface area contributed by atoms with Gasteiger partial charge in [0, 0.05) is 18.1 Å². The van der Waals surface area contributed by atoms with Gasteiger partial charge in [-0.25, -0.2) is 14.9 Å². The van der Waals surface area contributed by atoms with Crippen molar-refractivity contribution in [3.63, 3.8) is 0 Å². The number of fused-ring (bicyclic) bond motifs is 3. The molecule has 3 atom stereocenters. The summed E-state index contributed by atoms with van der Waals surface area (Å²) < 4.78 is 0. The zero-order valence-electron chi connectivity index (χ0n) is 14.7. The summed E-state index contributed by atoms with van der Waals surface area (Å²) in [6.07, 6.45) is 0.960. The van der Waals surface area contributed by atoms with Crippen molar-refractivity contribution < 1.29 is 9.59 Å². The number of hydrogen-bond acceptors (Lipinski definition) is 4. The molecule has 28 heavy (non-hydrogen) atoms. The van der Waals surface area contributed by atoms with Crippen molar-refractivity contribution in [2.75, 3.05) is 18.0 Å². The van der Waals surface area contributed by atoms with E-state index in [9.17, 15) is 9.59 Å². The van der Waals surface area contributed by atoms with Crippen molar-refractivity contribution in [3.8, 4) is 0 Å². The van der Waals surface area contributed by atoms with Gasteiger partial charge in [-0.05, 0) is 42.3 Å². The van der Waals surface area contributed by atoms with Gasteiger partial charge in [0.1, 0.15) is 6.04 Å². The Labute approximate surface area is 177 Å². The molecule has 3 heterocycles. The van der Waals surface area contributed by atoms with E-state index in [4.69, 9.17) is 34.8 Å². The molecule has 5 nitrogen and oxygen atoms in total. The Balaban J connectivity index is 1.58. The van der Waals surface area contributed by atoms with E-state index >= 15 is 0 Å². The molecule has 2 aromatic rings. The number of nitrogens with zero attached hydrogens (tertiary/aromatic N) is 3. The first-order valence-corrected chi connectivity index (χ1v) is 10.2. The molecule has 3 saturated heterocycles. The van der Waals surface area contributed by atoms with Crippen LogP contribution in [0.15, 0.2) is 42.5 Å². The number of hydrogen-bond donors (Lipinski definition) is 0. The Morgan fingerprint density at radius 3 is 2.14 bits per heavy atom. The standard InChI is InChI=1S/C20H16Cl3N3O2/c21-12-4-2-11(3-5-12)17-16-18(25-9-1-8-24(17)25)20(28)26(19(16)27)13-6-7-14(22)15(23)10-13/h2-7,10,16-18H,1,8-9H2/t16-,17+,18-/m1/s1. The van der Waals surface area contributed by atoms with E-state index in [1.54, 1.807) is 18.2 Å². The molecule has 0 N–H and O–H groups in total. The molecule has 144 valence electrons. The molecular formula is C20H16Cl3N3O2. The van der Waals surface area contributed by atoms with Crippen LogP contribution >= 0.6 is 34.8 Å². The molecule has 3 fully saturated rings. The van der Waals surface area contributed by atoms with Gasteiger partial charge in [-0.3, -0.25) is 9.59 Å². The maximum atomic E-state index is 13.4. The summed E-state index contributed by atoms with van der Waals surface area (Å²) in [4.78, 5) is 28.0. The normalized spacial score (nSPS) is 27.5. The quantitative estimate of drug-likeness (QED) is 0.663. The molecule has 0 radical (unpaired) electrons. The van der Waals surface area contributed by atoms with E-state index in [0.29, 0.717) is 20.8 Å². The van der Waals surface area contributed by atoms with E-state index in [1.165, 1.54) is 4.90 Å². The molecule has 2 amide bonds. The third kappa shape index (κ3) is 2.61. The van der Waals surface area contributed by atoms with Gasteiger partial charge in [-0.1, -0.05) is 46.9 Å². The molecule has 2 aromatic carbocycles. The van der Waals surface area contributed by atoms with E-state index in [1.807, 2.05) is 24.3 Å². The van der Waals surface area contributed by atoms with Gasteiger partial charge in [0.2, 0.25) is 5.91 Å². The van der Waals surface area contributed by atoms with Crippen LogP contribution in [0, 0.1) is 5.92 Å². The molecule has 0 bridgehead atoms. The lowest BCUT2D eigenvalue weighted by Gasteiger charge is -2.29. The van der Waals surface area contributed by atoms with Crippen LogP contribution in [-0.4, -0.2) is 41.0 Å². The van der Waals surface area contributed by atoms with Gasteiger partial charge in [0.05, 0.1) is 27.7 Å². The van der Waals surface area contributed by atoms with Gasteiger partial charge in [-0.2, -0.15) is 0 Å². The molecule has 0 saturated carbocycles. The van der Waals surface area contributed by atoms with Gasteiger partial charge < -0.3 is 0 Å². The highest BCUT2D eigenvalue weighted by Crippen LogP contribution is 2.49. The zero-order chi connectivity index (χ0) is 19.6. The van der Waals surface area contributed by atoms with Crippen molar-refractivity contribution in [3.05, 3.63) is 63.1 Å². The van der Waals surface area contributed by atoms with E-state index in [0.717, 1.165) is 25.1 Å². The number of benzene rings is 2. The number of carbonyl (C=O) groups is 2. The van der Waals surface area contributed by atoms with Crippen LogP contribution in [0.1, 0.15) is 18.0 Å². The summed E-state index contributed by atoms with van der Waals surface area (Å²) in [5.41, 5.74) is 1.44. The van der Waals surface area contributed by atoms with Gasteiger partial charge in [0.15, 0.2) is 0 Å². The smallest absolute Gasteiger partial charge is 0.253 e. The predicted octanol–water partition coefficient (Wildman–Crippen LogP) is 4.18. The van der Waals surface area contributed by atoms with Gasteiger partial charge in [0.25, 0.3) is 5.91 Å². The molecule has 0 aromatic heterocycles. The van der Waals surface area contributed by atoms with Crippen LogP contribution in [0.25, 0.3) is 0 Å². The first-order chi connectivity index (χ1) is 13.5. The minimum atomic E-state index is -0.495. The molecule has 8 heteroatoms. The summed E-state index contributed by atoms with van der Waals surface area (Å²) >= 11 is 18.2. The fourth-order valence-electron chi connectivity index (χ4n) is 4.65. The average molecular weight is 437 g/mol. The molecule has 3 aliphatic heterocycles. The lowest BCUT2D eigenvalue weighted by molar-refractivity contribution is -0.126. The maximum Gasteiger partial charge on any atom is 0.253 e. The van der Waals surface area contributed by atoms with Gasteiger partial charge >= 0.3 is 0 Å². The van der Waals surface area contributed by atoms with Crippen molar-refractivity contribution in [1.29, 1.82) is 0 Å². The Morgan fingerprint density at radius 1 is 0.786 bits per heavy atom. The summed E-state index contributed by atoms with van der Waals surface area (Å²) in [5, 5.41) is 5.56.